The van der Waals surface area contributed by atoms with E-state index in [2.05, 4.69) is 4.98 Å². The predicted octanol–water partition coefficient (Wildman–Crippen LogP) is 3.94. The fourth-order valence-corrected chi connectivity index (χ4v) is 2.58. The zero-order chi connectivity index (χ0) is 14.0. The Bertz CT molecular complexity index is 585. The van der Waals surface area contributed by atoms with Gasteiger partial charge in [0.15, 0.2) is 0 Å². The van der Waals surface area contributed by atoms with Crippen LogP contribution in [-0.4, -0.2) is 4.98 Å². The quantitative estimate of drug-likeness (QED) is 0.872. The molecule has 0 aliphatic rings. The molecule has 0 radical (unpaired) electrons. The SMILES string of the molecule is CC(N)(Cc1cccnc1)c1cc(F)c(Cl)cc1Cl. The van der Waals surface area contributed by atoms with Crippen LogP contribution in [0.15, 0.2) is 36.7 Å². The molecule has 2 rings (SSSR count). The average Bonchev–Trinajstić information content (AvgIpc) is 2.34. The minimum atomic E-state index is -0.800. The molecule has 19 heavy (non-hydrogen) atoms. The largest absolute Gasteiger partial charge is 0.321 e. The summed E-state index contributed by atoms with van der Waals surface area (Å²) < 4.78 is 13.6. The van der Waals surface area contributed by atoms with Crippen molar-refractivity contribution in [1.82, 2.24) is 4.98 Å². The number of nitrogens with two attached hydrogens (primary N) is 1. The summed E-state index contributed by atoms with van der Waals surface area (Å²) >= 11 is 11.8. The Morgan fingerprint density at radius 1 is 1.32 bits per heavy atom. The summed E-state index contributed by atoms with van der Waals surface area (Å²) in [7, 11) is 0. The number of hydrogen-bond donors (Lipinski definition) is 1. The van der Waals surface area contributed by atoms with E-state index in [1.165, 1.54) is 12.1 Å². The molecule has 0 spiro atoms. The van der Waals surface area contributed by atoms with Crippen LogP contribution in [0.1, 0.15) is 18.1 Å². The Morgan fingerprint density at radius 2 is 2.05 bits per heavy atom. The summed E-state index contributed by atoms with van der Waals surface area (Å²) in [5.74, 6) is -0.524. The van der Waals surface area contributed by atoms with Crippen LogP contribution in [0.25, 0.3) is 0 Å². The molecule has 0 amide bonds. The monoisotopic (exact) mass is 298 g/mol. The molecule has 1 heterocycles. The van der Waals surface area contributed by atoms with Gasteiger partial charge in [0.1, 0.15) is 5.82 Å². The van der Waals surface area contributed by atoms with Crippen molar-refractivity contribution in [2.75, 3.05) is 0 Å². The first-order valence-corrected chi connectivity index (χ1v) is 6.48. The zero-order valence-electron chi connectivity index (χ0n) is 10.3. The molecule has 2 aromatic rings. The number of nitrogens with zero attached hydrogens (tertiary/aromatic N) is 1. The van der Waals surface area contributed by atoms with Gasteiger partial charge in [-0.2, -0.15) is 0 Å². The number of aromatic nitrogens is 1. The highest BCUT2D eigenvalue weighted by molar-refractivity contribution is 6.35. The second-order valence-corrected chi connectivity index (χ2v) is 5.52. The van der Waals surface area contributed by atoms with Crippen LogP contribution >= 0.6 is 23.2 Å². The second kappa shape index (κ2) is 5.45. The molecule has 0 fully saturated rings. The van der Waals surface area contributed by atoms with Crippen molar-refractivity contribution >= 4 is 23.2 Å². The molecule has 0 saturated heterocycles. The third-order valence-corrected chi connectivity index (χ3v) is 3.52. The maximum Gasteiger partial charge on any atom is 0.142 e. The smallest absolute Gasteiger partial charge is 0.142 e. The standard InChI is InChI=1S/C14H13Cl2FN2/c1-14(18,7-9-3-2-4-19-8-9)10-5-13(17)12(16)6-11(10)15/h2-6,8H,7,18H2,1H3. The number of pyridine rings is 1. The van der Waals surface area contributed by atoms with Gasteiger partial charge < -0.3 is 5.73 Å². The van der Waals surface area contributed by atoms with Crippen LogP contribution in [-0.2, 0) is 12.0 Å². The fraction of sp³-hybridized carbons (Fsp3) is 0.214. The van der Waals surface area contributed by atoms with Crippen LogP contribution < -0.4 is 5.73 Å². The lowest BCUT2D eigenvalue weighted by molar-refractivity contribution is 0.486. The van der Waals surface area contributed by atoms with E-state index in [-0.39, 0.29) is 5.02 Å². The zero-order valence-corrected chi connectivity index (χ0v) is 11.8. The van der Waals surface area contributed by atoms with Crippen molar-refractivity contribution in [2.45, 2.75) is 18.9 Å². The van der Waals surface area contributed by atoms with Gasteiger partial charge in [0.2, 0.25) is 0 Å². The first kappa shape index (κ1) is 14.3. The molecule has 0 bridgehead atoms. The Balaban J connectivity index is 2.37. The number of rotatable bonds is 3. The van der Waals surface area contributed by atoms with E-state index in [4.69, 9.17) is 28.9 Å². The maximum absolute atomic E-state index is 13.6. The molecule has 1 aromatic carbocycles. The minimum absolute atomic E-state index is 0.00840. The van der Waals surface area contributed by atoms with Crippen LogP contribution in [0.3, 0.4) is 0 Å². The molecule has 2 nitrogen and oxygen atoms in total. The fourth-order valence-electron chi connectivity index (χ4n) is 1.98. The van der Waals surface area contributed by atoms with E-state index < -0.39 is 11.4 Å². The molecule has 1 unspecified atom stereocenters. The number of benzene rings is 1. The third kappa shape index (κ3) is 3.24. The van der Waals surface area contributed by atoms with Crippen LogP contribution in [0, 0.1) is 5.82 Å². The molecule has 2 N–H and O–H groups in total. The van der Waals surface area contributed by atoms with Crippen molar-refractivity contribution in [3.05, 3.63) is 63.6 Å². The van der Waals surface area contributed by atoms with Gasteiger partial charge in [0, 0.05) is 23.0 Å². The molecule has 5 heteroatoms. The average molecular weight is 299 g/mol. The third-order valence-electron chi connectivity index (χ3n) is 2.92. The first-order valence-electron chi connectivity index (χ1n) is 5.73. The van der Waals surface area contributed by atoms with E-state index in [9.17, 15) is 4.39 Å². The molecule has 1 atom stereocenters. The molecular formula is C14H13Cl2FN2. The Hall–Kier alpha value is -1.16. The molecular weight excluding hydrogens is 286 g/mol. The first-order chi connectivity index (χ1) is 8.90. The van der Waals surface area contributed by atoms with Gasteiger partial charge >= 0.3 is 0 Å². The maximum atomic E-state index is 13.6. The van der Waals surface area contributed by atoms with E-state index >= 15 is 0 Å². The summed E-state index contributed by atoms with van der Waals surface area (Å²) in [5, 5.41) is 0.353. The van der Waals surface area contributed by atoms with Crippen LogP contribution in [0.4, 0.5) is 4.39 Å². The van der Waals surface area contributed by atoms with Crippen molar-refractivity contribution in [2.24, 2.45) is 5.73 Å². The van der Waals surface area contributed by atoms with Gasteiger partial charge in [-0.15, -0.1) is 0 Å². The lowest BCUT2D eigenvalue weighted by atomic mass is 9.87. The van der Waals surface area contributed by atoms with Gasteiger partial charge in [-0.3, -0.25) is 4.98 Å². The molecule has 0 aliphatic heterocycles. The highest BCUT2D eigenvalue weighted by Gasteiger charge is 2.26. The van der Waals surface area contributed by atoms with Gasteiger partial charge in [0.25, 0.3) is 0 Å². The predicted molar refractivity (Wildman–Crippen MR) is 75.9 cm³/mol. The number of hydrogen-bond acceptors (Lipinski definition) is 2. The van der Waals surface area contributed by atoms with Crippen molar-refractivity contribution < 1.29 is 4.39 Å². The van der Waals surface area contributed by atoms with Crippen molar-refractivity contribution in [3.8, 4) is 0 Å². The van der Waals surface area contributed by atoms with Gasteiger partial charge in [0.05, 0.1) is 5.02 Å². The van der Waals surface area contributed by atoms with Crippen LogP contribution in [0.5, 0.6) is 0 Å². The Kier molecular flexibility index (Phi) is 4.09. The second-order valence-electron chi connectivity index (χ2n) is 4.70. The summed E-state index contributed by atoms with van der Waals surface area (Å²) in [6.07, 6.45) is 3.92. The Morgan fingerprint density at radius 3 is 2.68 bits per heavy atom. The van der Waals surface area contributed by atoms with Gasteiger partial charge in [-0.05, 0) is 42.7 Å². The van der Waals surface area contributed by atoms with E-state index in [0.29, 0.717) is 17.0 Å². The van der Waals surface area contributed by atoms with E-state index in [0.717, 1.165) is 5.56 Å². The lowest BCUT2D eigenvalue weighted by Gasteiger charge is -2.26. The summed E-state index contributed by atoms with van der Waals surface area (Å²) in [4.78, 5) is 4.03. The summed E-state index contributed by atoms with van der Waals surface area (Å²) in [6, 6.07) is 6.41. The molecule has 100 valence electrons. The van der Waals surface area contributed by atoms with Crippen molar-refractivity contribution in [1.29, 1.82) is 0 Å². The molecule has 0 saturated carbocycles. The van der Waals surface area contributed by atoms with Crippen molar-refractivity contribution in [3.63, 3.8) is 0 Å². The topological polar surface area (TPSA) is 38.9 Å². The van der Waals surface area contributed by atoms with Gasteiger partial charge in [-0.1, -0.05) is 29.3 Å². The van der Waals surface area contributed by atoms with Gasteiger partial charge in [-0.25, -0.2) is 4.39 Å². The highest BCUT2D eigenvalue weighted by Crippen LogP contribution is 2.32. The highest BCUT2D eigenvalue weighted by atomic mass is 35.5. The van der Waals surface area contributed by atoms with E-state index in [1.54, 1.807) is 19.3 Å². The normalized spacial score (nSPS) is 14.2. The summed E-state index contributed by atoms with van der Waals surface area (Å²) in [5.41, 5.74) is 6.95. The molecule has 0 aliphatic carbocycles. The van der Waals surface area contributed by atoms with Crippen LogP contribution in [0.2, 0.25) is 10.0 Å². The lowest BCUT2D eigenvalue weighted by Crippen LogP contribution is -2.36. The summed E-state index contributed by atoms with van der Waals surface area (Å²) in [6.45, 7) is 1.80. The molecule has 1 aromatic heterocycles. The van der Waals surface area contributed by atoms with E-state index in [1.807, 2.05) is 12.1 Å². The minimum Gasteiger partial charge on any atom is -0.321 e. The Labute approximate surface area is 121 Å². The number of halogens is 3.